The van der Waals surface area contributed by atoms with E-state index in [1.807, 2.05) is 42.5 Å². The number of hydrogen-bond donors (Lipinski definition) is 1. The molecule has 0 atom stereocenters. The fraction of sp³-hybridized carbons (Fsp3) is 0.148. The number of nitrogens with zero attached hydrogens (tertiary/aromatic N) is 3. The number of fused-ring (bicyclic) bond motifs is 1. The summed E-state index contributed by atoms with van der Waals surface area (Å²) >= 11 is 12.5. The Bertz CT molecular complexity index is 1360. The van der Waals surface area contributed by atoms with Crippen molar-refractivity contribution in [3.63, 3.8) is 0 Å². The van der Waals surface area contributed by atoms with E-state index in [2.05, 4.69) is 22.5 Å². The first kappa shape index (κ1) is 23.1. The number of aromatic nitrogens is 2. The molecule has 8 heteroatoms. The Morgan fingerprint density at radius 2 is 1.57 bits per heavy atom. The smallest absolute Gasteiger partial charge is 0.272 e. The lowest BCUT2D eigenvalue weighted by atomic mass is 10.0. The van der Waals surface area contributed by atoms with Crippen LogP contribution in [0.5, 0.6) is 0 Å². The molecule has 0 radical (unpaired) electrons. The second-order valence-corrected chi connectivity index (χ2v) is 9.12. The number of amides is 2. The second kappa shape index (κ2) is 9.94. The predicted octanol–water partition coefficient (Wildman–Crippen LogP) is 5.44. The van der Waals surface area contributed by atoms with Gasteiger partial charge in [-0.15, -0.1) is 0 Å². The lowest BCUT2D eigenvalue weighted by molar-refractivity contribution is 0.0683. The summed E-state index contributed by atoms with van der Waals surface area (Å²) in [6, 6.07) is 25.0. The van der Waals surface area contributed by atoms with E-state index in [1.165, 1.54) is 6.07 Å². The number of benzene rings is 3. The SMILES string of the molecule is O=C(NCc1ccc(-c2ccccc2)cc1)c1cc2n(n1)CCN(Cc1c(Cl)cccc1Cl)C2=O. The number of halogens is 2. The highest BCUT2D eigenvalue weighted by Gasteiger charge is 2.28. The van der Waals surface area contributed by atoms with Crippen molar-refractivity contribution >= 4 is 35.0 Å². The van der Waals surface area contributed by atoms with E-state index in [9.17, 15) is 9.59 Å². The number of carbonyl (C=O) groups excluding carboxylic acids is 2. The summed E-state index contributed by atoms with van der Waals surface area (Å²) in [5.74, 6) is -0.539. The quantitative estimate of drug-likeness (QED) is 0.380. The average Bonchev–Trinajstić information content (AvgIpc) is 3.32. The number of carbonyl (C=O) groups is 2. The highest BCUT2D eigenvalue weighted by molar-refractivity contribution is 6.36. The minimum atomic E-state index is -0.326. The van der Waals surface area contributed by atoms with Gasteiger partial charge in [-0.05, 0) is 28.8 Å². The first-order valence-electron chi connectivity index (χ1n) is 11.2. The Morgan fingerprint density at radius 3 is 2.29 bits per heavy atom. The van der Waals surface area contributed by atoms with Crippen LogP contribution < -0.4 is 5.32 Å². The number of nitrogens with one attached hydrogen (secondary N) is 1. The third-order valence-corrected chi connectivity index (χ3v) is 6.73. The molecule has 0 fully saturated rings. The molecule has 0 aliphatic carbocycles. The molecule has 0 bridgehead atoms. The van der Waals surface area contributed by atoms with Gasteiger partial charge in [0.25, 0.3) is 11.8 Å². The van der Waals surface area contributed by atoms with E-state index in [1.54, 1.807) is 27.8 Å². The Balaban J connectivity index is 1.23. The molecule has 0 spiro atoms. The van der Waals surface area contributed by atoms with Crippen molar-refractivity contribution in [1.29, 1.82) is 0 Å². The first-order chi connectivity index (χ1) is 17.0. The third kappa shape index (κ3) is 4.94. The maximum atomic E-state index is 13.1. The van der Waals surface area contributed by atoms with Crippen molar-refractivity contribution in [1.82, 2.24) is 20.0 Å². The summed E-state index contributed by atoms with van der Waals surface area (Å²) in [5, 5.41) is 8.27. The van der Waals surface area contributed by atoms with Gasteiger partial charge in [0.2, 0.25) is 0 Å². The normalized spacial score (nSPS) is 13.0. The van der Waals surface area contributed by atoms with Crippen LogP contribution in [-0.4, -0.2) is 33.0 Å². The van der Waals surface area contributed by atoms with Crippen LogP contribution in [-0.2, 0) is 19.6 Å². The van der Waals surface area contributed by atoms with Crippen molar-refractivity contribution in [2.75, 3.05) is 6.54 Å². The molecule has 3 aromatic carbocycles. The molecule has 2 heterocycles. The van der Waals surface area contributed by atoms with Crippen molar-refractivity contribution in [2.45, 2.75) is 19.6 Å². The van der Waals surface area contributed by atoms with Crippen LogP contribution in [0.4, 0.5) is 0 Å². The average molecular weight is 505 g/mol. The molecule has 0 saturated heterocycles. The topological polar surface area (TPSA) is 67.2 Å². The van der Waals surface area contributed by atoms with E-state index >= 15 is 0 Å². The van der Waals surface area contributed by atoms with Gasteiger partial charge in [0.1, 0.15) is 5.69 Å². The Kier molecular flexibility index (Phi) is 6.57. The van der Waals surface area contributed by atoms with Crippen molar-refractivity contribution in [3.05, 3.63) is 111 Å². The fourth-order valence-electron chi connectivity index (χ4n) is 4.09. The molecule has 35 heavy (non-hydrogen) atoms. The molecule has 1 aromatic heterocycles. The van der Waals surface area contributed by atoms with Crippen LogP contribution in [0.15, 0.2) is 78.9 Å². The lowest BCUT2D eigenvalue weighted by Crippen LogP contribution is -2.39. The molecule has 1 aliphatic heterocycles. The van der Waals surface area contributed by atoms with Crippen LogP contribution in [0, 0.1) is 0 Å². The molecular formula is C27H22Cl2N4O2. The molecule has 176 valence electrons. The summed E-state index contributed by atoms with van der Waals surface area (Å²) in [7, 11) is 0. The molecule has 6 nitrogen and oxygen atoms in total. The van der Waals surface area contributed by atoms with Gasteiger partial charge in [-0.2, -0.15) is 5.10 Å². The van der Waals surface area contributed by atoms with Crippen LogP contribution in [0.25, 0.3) is 11.1 Å². The lowest BCUT2D eigenvalue weighted by Gasteiger charge is -2.28. The van der Waals surface area contributed by atoms with Gasteiger partial charge in [0.15, 0.2) is 5.69 Å². The molecule has 1 aliphatic rings. The zero-order valence-electron chi connectivity index (χ0n) is 18.7. The van der Waals surface area contributed by atoms with Crippen LogP contribution in [0.1, 0.15) is 32.1 Å². The summed E-state index contributed by atoms with van der Waals surface area (Å²) in [4.78, 5) is 27.5. The van der Waals surface area contributed by atoms with E-state index in [-0.39, 0.29) is 17.5 Å². The molecule has 1 N–H and O–H groups in total. The van der Waals surface area contributed by atoms with Crippen molar-refractivity contribution < 1.29 is 9.59 Å². The van der Waals surface area contributed by atoms with Gasteiger partial charge in [-0.1, -0.05) is 83.9 Å². The molecule has 0 saturated carbocycles. The summed E-state index contributed by atoms with van der Waals surface area (Å²) in [6.45, 7) is 1.59. The largest absolute Gasteiger partial charge is 0.347 e. The molecule has 4 aromatic rings. The van der Waals surface area contributed by atoms with Gasteiger partial charge < -0.3 is 10.2 Å². The van der Waals surface area contributed by atoms with Gasteiger partial charge >= 0.3 is 0 Å². The number of rotatable bonds is 6. The van der Waals surface area contributed by atoms with Crippen molar-refractivity contribution in [2.24, 2.45) is 0 Å². The van der Waals surface area contributed by atoms with E-state index in [0.717, 1.165) is 16.7 Å². The highest BCUT2D eigenvalue weighted by Crippen LogP contribution is 2.27. The molecule has 0 unspecified atom stereocenters. The first-order valence-corrected chi connectivity index (χ1v) is 12.0. The maximum Gasteiger partial charge on any atom is 0.272 e. The molecule has 5 rings (SSSR count). The monoisotopic (exact) mass is 504 g/mol. The van der Waals surface area contributed by atoms with E-state index in [0.29, 0.717) is 47.5 Å². The fourth-order valence-corrected chi connectivity index (χ4v) is 4.61. The minimum absolute atomic E-state index is 0.213. The molecular weight excluding hydrogens is 483 g/mol. The van der Waals surface area contributed by atoms with Gasteiger partial charge in [0, 0.05) is 41.3 Å². The Labute approximate surface area is 213 Å². The number of hydrogen-bond acceptors (Lipinski definition) is 3. The van der Waals surface area contributed by atoms with E-state index in [4.69, 9.17) is 23.2 Å². The maximum absolute atomic E-state index is 13.1. The standard InChI is InChI=1S/C27H22Cl2N4O2/c28-22-7-4-8-23(29)21(22)17-32-13-14-33-25(27(32)35)15-24(31-33)26(34)30-16-18-9-11-20(12-10-18)19-5-2-1-3-6-19/h1-12,15H,13-14,16-17H2,(H,30,34). The van der Waals surface area contributed by atoms with Crippen molar-refractivity contribution in [3.8, 4) is 11.1 Å². The Hall–Kier alpha value is -3.61. The third-order valence-electron chi connectivity index (χ3n) is 6.03. The van der Waals surface area contributed by atoms with Crippen LogP contribution >= 0.6 is 23.2 Å². The summed E-state index contributed by atoms with van der Waals surface area (Å²) in [6.07, 6.45) is 0. The zero-order valence-corrected chi connectivity index (χ0v) is 20.3. The zero-order chi connectivity index (χ0) is 24.4. The van der Waals surface area contributed by atoms with Crippen LogP contribution in [0.2, 0.25) is 10.0 Å². The Morgan fingerprint density at radius 1 is 0.886 bits per heavy atom. The summed E-state index contributed by atoms with van der Waals surface area (Å²) in [5.41, 5.74) is 4.52. The van der Waals surface area contributed by atoms with Gasteiger partial charge in [-0.25, -0.2) is 0 Å². The predicted molar refractivity (Wildman–Crippen MR) is 136 cm³/mol. The minimum Gasteiger partial charge on any atom is -0.347 e. The second-order valence-electron chi connectivity index (χ2n) is 8.31. The van der Waals surface area contributed by atoms with Gasteiger partial charge in [-0.3, -0.25) is 14.3 Å². The van der Waals surface area contributed by atoms with Crippen LogP contribution in [0.3, 0.4) is 0 Å². The van der Waals surface area contributed by atoms with Gasteiger partial charge in [0.05, 0.1) is 6.54 Å². The summed E-state index contributed by atoms with van der Waals surface area (Å²) < 4.78 is 1.58. The highest BCUT2D eigenvalue weighted by atomic mass is 35.5. The van der Waals surface area contributed by atoms with E-state index < -0.39 is 0 Å². The molecule has 2 amide bonds.